The molecule has 0 radical (unpaired) electrons. The van der Waals surface area contributed by atoms with Gasteiger partial charge in [-0.05, 0) is 25.8 Å². The van der Waals surface area contributed by atoms with Crippen LogP contribution in [0.25, 0.3) is 0 Å². The number of hydrogen-bond donors (Lipinski definition) is 1. The molecule has 1 aliphatic rings. The van der Waals surface area contributed by atoms with Crippen LogP contribution in [0.4, 0.5) is 0 Å². The summed E-state index contributed by atoms with van der Waals surface area (Å²) in [5.74, 6) is -0.901. The zero-order valence-corrected chi connectivity index (χ0v) is 9.45. The van der Waals surface area contributed by atoms with Gasteiger partial charge < -0.3 is 14.7 Å². The van der Waals surface area contributed by atoms with E-state index < -0.39 is 5.97 Å². The minimum Gasteiger partial charge on any atom is -0.481 e. The standard InChI is InChI=1S/C11H21NO3/c1-10(11(13)14)4-2-5-12-6-3-8-15-9-7-12/h10H,2-9H2,1H3,(H,13,14). The van der Waals surface area contributed by atoms with E-state index in [1.54, 1.807) is 6.92 Å². The van der Waals surface area contributed by atoms with Crippen molar-refractivity contribution < 1.29 is 14.6 Å². The van der Waals surface area contributed by atoms with E-state index in [1.807, 2.05) is 0 Å². The van der Waals surface area contributed by atoms with Gasteiger partial charge >= 0.3 is 5.97 Å². The normalized spacial score (nSPS) is 20.9. The Hall–Kier alpha value is -0.610. The van der Waals surface area contributed by atoms with Gasteiger partial charge in [-0.1, -0.05) is 6.92 Å². The lowest BCUT2D eigenvalue weighted by Gasteiger charge is -2.19. The first-order chi connectivity index (χ1) is 7.20. The molecule has 0 amide bonds. The van der Waals surface area contributed by atoms with Gasteiger partial charge in [0.15, 0.2) is 0 Å². The number of nitrogens with zero attached hydrogens (tertiary/aromatic N) is 1. The van der Waals surface area contributed by atoms with Crippen molar-refractivity contribution in [1.82, 2.24) is 4.90 Å². The molecule has 0 aromatic carbocycles. The molecule has 1 heterocycles. The van der Waals surface area contributed by atoms with Crippen molar-refractivity contribution >= 4 is 5.97 Å². The van der Waals surface area contributed by atoms with Crippen molar-refractivity contribution in [2.24, 2.45) is 5.92 Å². The topological polar surface area (TPSA) is 49.8 Å². The van der Waals surface area contributed by atoms with E-state index in [2.05, 4.69) is 4.90 Å². The summed E-state index contributed by atoms with van der Waals surface area (Å²) in [5.41, 5.74) is 0. The molecule has 1 saturated heterocycles. The third kappa shape index (κ3) is 5.14. The van der Waals surface area contributed by atoms with Crippen molar-refractivity contribution in [1.29, 1.82) is 0 Å². The molecular formula is C11H21NO3. The minimum absolute atomic E-state index is 0.215. The quantitative estimate of drug-likeness (QED) is 0.749. The van der Waals surface area contributed by atoms with Gasteiger partial charge in [-0.2, -0.15) is 0 Å². The Bertz CT molecular complexity index is 188. The average molecular weight is 215 g/mol. The molecule has 15 heavy (non-hydrogen) atoms. The summed E-state index contributed by atoms with van der Waals surface area (Å²) in [4.78, 5) is 13.0. The van der Waals surface area contributed by atoms with E-state index in [-0.39, 0.29) is 5.92 Å². The molecule has 0 aromatic heterocycles. The van der Waals surface area contributed by atoms with Gasteiger partial charge in [-0.3, -0.25) is 4.79 Å². The van der Waals surface area contributed by atoms with E-state index in [4.69, 9.17) is 9.84 Å². The molecule has 1 N–H and O–H groups in total. The van der Waals surface area contributed by atoms with Gasteiger partial charge in [0, 0.05) is 19.7 Å². The lowest BCUT2D eigenvalue weighted by atomic mass is 10.1. The third-order valence-corrected chi connectivity index (χ3v) is 2.85. The van der Waals surface area contributed by atoms with Crippen molar-refractivity contribution in [3.63, 3.8) is 0 Å². The highest BCUT2D eigenvalue weighted by atomic mass is 16.5. The van der Waals surface area contributed by atoms with Gasteiger partial charge in [0.05, 0.1) is 12.5 Å². The van der Waals surface area contributed by atoms with Crippen LogP contribution in [0.1, 0.15) is 26.2 Å². The molecule has 1 rings (SSSR count). The molecule has 1 atom stereocenters. The van der Waals surface area contributed by atoms with Crippen LogP contribution < -0.4 is 0 Å². The molecule has 0 saturated carbocycles. The molecule has 88 valence electrons. The van der Waals surface area contributed by atoms with Gasteiger partial charge in [0.2, 0.25) is 0 Å². The monoisotopic (exact) mass is 215 g/mol. The van der Waals surface area contributed by atoms with Crippen LogP contribution in [-0.4, -0.2) is 48.8 Å². The fourth-order valence-electron chi connectivity index (χ4n) is 1.77. The van der Waals surface area contributed by atoms with Gasteiger partial charge in [-0.15, -0.1) is 0 Å². The number of carboxylic acid groups (broad SMARTS) is 1. The summed E-state index contributed by atoms with van der Waals surface area (Å²) in [5, 5.41) is 8.73. The van der Waals surface area contributed by atoms with E-state index in [9.17, 15) is 4.79 Å². The van der Waals surface area contributed by atoms with E-state index >= 15 is 0 Å². The summed E-state index contributed by atoms with van der Waals surface area (Å²) in [6, 6.07) is 0. The predicted octanol–water partition coefficient (Wildman–Crippen LogP) is 1.21. The Morgan fingerprint density at radius 1 is 1.47 bits per heavy atom. The lowest BCUT2D eigenvalue weighted by molar-refractivity contribution is -0.141. The Kier molecular flexibility index (Phi) is 5.65. The number of rotatable bonds is 5. The van der Waals surface area contributed by atoms with Crippen LogP contribution in [-0.2, 0) is 9.53 Å². The SMILES string of the molecule is CC(CCCN1CCCOCC1)C(=O)O. The number of hydrogen-bond acceptors (Lipinski definition) is 3. The summed E-state index contributed by atoms with van der Waals surface area (Å²) < 4.78 is 5.35. The van der Waals surface area contributed by atoms with Crippen LogP contribution in [0, 0.1) is 5.92 Å². The fraction of sp³-hybridized carbons (Fsp3) is 0.909. The Labute approximate surface area is 91.2 Å². The molecule has 0 spiro atoms. The predicted molar refractivity (Wildman–Crippen MR) is 57.9 cm³/mol. The summed E-state index contributed by atoms with van der Waals surface area (Å²) in [6.45, 7) is 6.52. The molecule has 1 fully saturated rings. The molecule has 0 aromatic rings. The Morgan fingerprint density at radius 3 is 3.00 bits per heavy atom. The second kappa shape index (κ2) is 6.80. The molecule has 4 nitrogen and oxygen atoms in total. The maximum atomic E-state index is 10.6. The number of ether oxygens (including phenoxy) is 1. The smallest absolute Gasteiger partial charge is 0.306 e. The third-order valence-electron chi connectivity index (χ3n) is 2.85. The second-order valence-electron chi connectivity index (χ2n) is 4.19. The van der Waals surface area contributed by atoms with Crippen LogP contribution in [0.2, 0.25) is 0 Å². The summed E-state index contributed by atoms with van der Waals surface area (Å²) in [7, 11) is 0. The van der Waals surface area contributed by atoms with Crippen molar-refractivity contribution in [3.05, 3.63) is 0 Å². The molecule has 1 aliphatic heterocycles. The largest absolute Gasteiger partial charge is 0.481 e. The molecule has 0 aliphatic carbocycles. The second-order valence-corrected chi connectivity index (χ2v) is 4.19. The lowest BCUT2D eigenvalue weighted by Crippen LogP contribution is -2.28. The van der Waals surface area contributed by atoms with Gasteiger partial charge in [-0.25, -0.2) is 0 Å². The summed E-state index contributed by atoms with van der Waals surface area (Å²) in [6.07, 6.45) is 2.83. The van der Waals surface area contributed by atoms with E-state index in [0.717, 1.165) is 52.1 Å². The minimum atomic E-state index is -0.686. The van der Waals surface area contributed by atoms with Gasteiger partial charge in [0.25, 0.3) is 0 Å². The van der Waals surface area contributed by atoms with Crippen LogP contribution in [0.3, 0.4) is 0 Å². The molecular weight excluding hydrogens is 194 g/mol. The average Bonchev–Trinajstić information content (AvgIpc) is 2.46. The first kappa shape index (κ1) is 12.5. The maximum absolute atomic E-state index is 10.6. The first-order valence-electron chi connectivity index (χ1n) is 5.73. The van der Waals surface area contributed by atoms with E-state index in [1.165, 1.54) is 0 Å². The molecule has 4 heteroatoms. The van der Waals surface area contributed by atoms with Crippen LogP contribution >= 0.6 is 0 Å². The number of carbonyl (C=O) groups is 1. The fourth-order valence-corrected chi connectivity index (χ4v) is 1.77. The Morgan fingerprint density at radius 2 is 2.27 bits per heavy atom. The van der Waals surface area contributed by atoms with Crippen molar-refractivity contribution in [2.75, 3.05) is 32.8 Å². The zero-order chi connectivity index (χ0) is 11.1. The van der Waals surface area contributed by atoms with E-state index in [0.29, 0.717) is 0 Å². The van der Waals surface area contributed by atoms with Crippen molar-refractivity contribution in [3.8, 4) is 0 Å². The first-order valence-corrected chi connectivity index (χ1v) is 5.73. The highest BCUT2D eigenvalue weighted by Crippen LogP contribution is 2.07. The zero-order valence-electron chi connectivity index (χ0n) is 9.45. The van der Waals surface area contributed by atoms with Crippen LogP contribution in [0.15, 0.2) is 0 Å². The highest BCUT2D eigenvalue weighted by molar-refractivity contribution is 5.69. The van der Waals surface area contributed by atoms with Crippen LogP contribution in [0.5, 0.6) is 0 Å². The summed E-state index contributed by atoms with van der Waals surface area (Å²) >= 11 is 0. The molecule has 0 bridgehead atoms. The van der Waals surface area contributed by atoms with Gasteiger partial charge in [0.1, 0.15) is 0 Å². The highest BCUT2D eigenvalue weighted by Gasteiger charge is 2.12. The number of carboxylic acids is 1. The maximum Gasteiger partial charge on any atom is 0.306 e. The van der Waals surface area contributed by atoms with Crippen molar-refractivity contribution in [2.45, 2.75) is 26.2 Å². The molecule has 1 unspecified atom stereocenters. The number of aliphatic carboxylic acids is 1. The Balaban J connectivity index is 2.10.